The van der Waals surface area contributed by atoms with Crippen molar-refractivity contribution in [2.75, 3.05) is 36.5 Å². The molecule has 0 spiro atoms. The predicted octanol–water partition coefficient (Wildman–Crippen LogP) is 4.41. The van der Waals surface area contributed by atoms with Crippen molar-refractivity contribution in [3.63, 3.8) is 0 Å². The third-order valence-corrected chi connectivity index (χ3v) is 4.59. The van der Waals surface area contributed by atoms with Gasteiger partial charge in [-0.2, -0.15) is 0 Å². The minimum atomic E-state index is 0.752. The number of anilines is 2. The molecule has 4 heteroatoms. The summed E-state index contributed by atoms with van der Waals surface area (Å²) in [4.78, 5) is 2.30. The fourth-order valence-electron chi connectivity index (χ4n) is 2.95. The molecule has 0 aliphatic carbocycles. The van der Waals surface area contributed by atoms with E-state index >= 15 is 0 Å². The zero-order valence-electron chi connectivity index (χ0n) is 13.7. The molecule has 0 atom stereocenters. The molecule has 2 aromatic carbocycles. The first-order valence-electron chi connectivity index (χ1n) is 8.06. The van der Waals surface area contributed by atoms with Gasteiger partial charge in [0.05, 0.1) is 29.6 Å². The Bertz CT molecular complexity index is 681. The van der Waals surface area contributed by atoms with E-state index in [1.54, 1.807) is 0 Å². The highest BCUT2D eigenvalue weighted by molar-refractivity contribution is 6.34. The maximum absolute atomic E-state index is 6.48. The Morgan fingerprint density at radius 3 is 2.70 bits per heavy atom. The van der Waals surface area contributed by atoms with Gasteiger partial charge in [0, 0.05) is 19.6 Å². The van der Waals surface area contributed by atoms with E-state index in [4.69, 9.17) is 16.3 Å². The summed E-state index contributed by atoms with van der Waals surface area (Å²) >= 11 is 6.48. The fourth-order valence-corrected chi connectivity index (χ4v) is 3.24. The van der Waals surface area contributed by atoms with Crippen molar-refractivity contribution < 1.29 is 4.74 Å². The number of hydrogen-bond donors (Lipinski definition) is 1. The van der Waals surface area contributed by atoms with E-state index in [1.165, 1.54) is 16.7 Å². The van der Waals surface area contributed by atoms with Crippen LogP contribution in [0.4, 0.5) is 11.4 Å². The minimum absolute atomic E-state index is 0.752. The maximum Gasteiger partial charge on any atom is 0.0792 e. The summed E-state index contributed by atoms with van der Waals surface area (Å²) in [5, 5.41) is 4.36. The molecular formula is C19H23ClN2O. The van der Waals surface area contributed by atoms with Crippen molar-refractivity contribution in [1.82, 2.24) is 0 Å². The molecular weight excluding hydrogens is 308 g/mol. The zero-order valence-corrected chi connectivity index (χ0v) is 14.5. The Morgan fingerprint density at radius 1 is 1.13 bits per heavy atom. The molecule has 1 aliphatic heterocycles. The Balaban J connectivity index is 1.82. The summed E-state index contributed by atoms with van der Waals surface area (Å²) in [6.45, 7) is 8.33. The number of nitrogens with one attached hydrogen (secondary N) is 1. The van der Waals surface area contributed by atoms with Gasteiger partial charge in [-0.15, -0.1) is 0 Å². The van der Waals surface area contributed by atoms with Gasteiger partial charge in [0.1, 0.15) is 0 Å². The molecule has 122 valence electrons. The Kier molecular flexibility index (Phi) is 5.09. The Morgan fingerprint density at radius 2 is 1.91 bits per heavy atom. The molecule has 0 bridgehead atoms. The topological polar surface area (TPSA) is 24.5 Å². The third kappa shape index (κ3) is 3.80. The van der Waals surface area contributed by atoms with Crippen molar-refractivity contribution in [2.24, 2.45) is 0 Å². The van der Waals surface area contributed by atoms with Gasteiger partial charge < -0.3 is 15.0 Å². The number of rotatable bonds is 4. The van der Waals surface area contributed by atoms with Gasteiger partial charge >= 0.3 is 0 Å². The molecule has 0 radical (unpaired) electrons. The summed E-state index contributed by atoms with van der Waals surface area (Å²) in [6, 6.07) is 12.6. The molecule has 3 nitrogen and oxygen atoms in total. The number of benzene rings is 2. The van der Waals surface area contributed by atoms with Gasteiger partial charge in [0.2, 0.25) is 0 Å². The molecule has 1 saturated heterocycles. The lowest BCUT2D eigenvalue weighted by Crippen LogP contribution is -2.36. The van der Waals surface area contributed by atoms with E-state index in [0.717, 1.165) is 49.2 Å². The summed E-state index contributed by atoms with van der Waals surface area (Å²) in [7, 11) is 0. The first-order valence-corrected chi connectivity index (χ1v) is 8.44. The fraction of sp³-hybridized carbons (Fsp3) is 0.368. The van der Waals surface area contributed by atoms with E-state index in [2.05, 4.69) is 48.3 Å². The van der Waals surface area contributed by atoms with Crippen molar-refractivity contribution in [1.29, 1.82) is 0 Å². The highest BCUT2D eigenvalue weighted by atomic mass is 35.5. The summed E-state index contributed by atoms with van der Waals surface area (Å²) < 4.78 is 5.45. The molecule has 3 rings (SSSR count). The van der Waals surface area contributed by atoms with Crippen LogP contribution in [0.3, 0.4) is 0 Å². The van der Waals surface area contributed by atoms with Crippen LogP contribution in [0, 0.1) is 13.8 Å². The molecule has 0 saturated carbocycles. The standard InChI is InChI=1S/C19H23ClN2O/c1-14-6-7-15(2)16(12-14)13-21-18-5-3-4-17(20)19(18)22-8-10-23-11-9-22/h3-7,12,21H,8-11,13H2,1-2H3. The second kappa shape index (κ2) is 7.24. The van der Waals surface area contributed by atoms with Crippen LogP contribution in [0.2, 0.25) is 5.02 Å². The van der Waals surface area contributed by atoms with Crippen LogP contribution in [0.25, 0.3) is 0 Å². The SMILES string of the molecule is Cc1ccc(C)c(CNc2cccc(Cl)c2N2CCOCC2)c1. The average Bonchev–Trinajstić information content (AvgIpc) is 2.56. The molecule has 1 fully saturated rings. The summed E-state index contributed by atoms with van der Waals surface area (Å²) in [5.74, 6) is 0. The number of hydrogen-bond acceptors (Lipinski definition) is 3. The van der Waals surface area contributed by atoms with Crippen LogP contribution < -0.4 is 10.2 Å². The van der Waals surface area contributed by atoms with Gasteiger partial charge in [0.25, 0.3) is 0 Å². The smallest absolute Gasteiger partial charge is 0.0792 e. The van der Waals surface area contributed by atoms with Crippen molar-refractivity contribution in [3.8, 4) is 0 Å². The largest absolute Gasteiger partial charge is 0.379 e. The van der Waals surface area contributed by atoms with Gasteiger partial charge in [-0.25, -0.2) is 0 Å². The average molecular weight is 331 g/mol. The van der Waals surface area contributed by atoms with Crippen LogP contribution in [0.15, 0.2) is 36.4 Å². The van der Waals surface area contributed by atoms with Gasteiger partial charge in [0.15, 0.2) is 0 Å². The van der Waals surface area contributed by atoms with Crippen molar-refractivity contribution >= 4 is 23.0 Å². The highest BCUT2D eigenvalue weighted by Crippen LogP contribution is 2.34. The number of halogens is 1. The van der Waals surface area contributed by atoms with E-state index in [0.29, 0.717) is 0 Å². The van der Waals surface area contributed by atoms with E-state index in [1.807, 2.05) is 12.1 Å². The van der Waals surface area contributed by atoms with Crippen LogP contribution in [0.5, 0.6) is 0 Å². The van der Waals surface area contributed by atoms with Gasteiger partial charge in [-0.05, 0) is 37.1 Å². The molecule has 1 N–H and O–H groups in total. The minimum Gasteiger partial charge on any atom is -0.379 e. The lowest BCUT2D eigenvalue weighted by atomic mass is 10.1. The highest BCUT2D eigenvalue weighted by Gasteiger charge is 2.17. The summed E-state index contributed by atoms with van der Waals surface area (Å²) in [6.07, 6.45) is 0. The third-order valence-electron chi connectivity index (χ3n) is 4.29. The van der Waals surface area contributed by atoms with E-state index in [-0.39, 0.29) is 0 Å². The monoisotopic (exact) mass is 330 g/mol. The molecule has 23 heavy (non-hydrogen) atoms. The van der Waals surface area contributed by atoms with Gasteiger partial charge in [-0.3, -0.25) is 0 Å². The van der Waals surface area contributed by atoms with Crippen LogP contribution in [-0.2, 0) is 11.3 Å². The normalized spacial score (nSPS) is 14.8. The van der Waals surface area contributed by atoms with Crippen molar-refractivity contribution in [2.45, 2.75) is 20.4 Å². The number of ether oxygens (including phenoxy) is 1. The van der Waals surface area contributed by atoms with Crippen LogP contribution in [-0.4, -0.2) is 26.3 Å². The second-order valence-corrected chi connectivity index (χ2v) is 6.43. The lowest BCUT2D eigenvalue weighted by Gasteiger charge is -2.31. The quantitative estimate of drug-likeness (QED) is 0.899. The molecule has 2 aromatic rings. The Labute approximate surface area is 143 Å². The molecule has 0 unspecified atom stereocenters. The molecule has 1 heterocycles. The first-order chi connectivity index (χ1) is 11.1. The maximum atomic E-state index is 6.48. The van der Waals surface area contributed by atoms with Crippen molar-refractivity contribution in [3.05, 3.63) is 58.1 Å². The Hall–Kier alpha value is -1.71. The molecule has 0 amide bonds. The zero-order chi connectivity index (χ0) is 16.2. The van der Waals surface area contributed by atoms with E-state index < -0.39 is 0 Å². The summed E-state index contributed by atoms with van der Waals surface area (Å²) in [5.41, 5.74) is 6.07. The first kappa shape index (κ1) is 16.2. The molecule has 1 aliphatic rings. The molecule has 0 aromatic heterocycles. The van der Waals surface area contributed by atoms with E-state index in [9.17, 15) is 0 Å². The lowest BCUT2D eigenvalue weighted by molar-refractivity contribution is 0.123. The van der Waals surface area contributed by atoms with Gasteiger partial charge in [-0.1, -0.05) is 41.4 Å². The second-order valence-electron chi connectivity index (χ2n) is 6.02. The number of aryl methyl sites for hydroxylation is 2. The number of morpholine rings is 1. The van der Waals surface area contributed by atoms with Crippen LogP contribution >= 0.6 is 11.6 Å². The number of para-hydroxylation sites is 1. The number of nitrogens with zero attached hydrogens (tertiary/aromatic N) is 1. The predicted molar refractivity (Wildman–Crippen MR) is 97.7 cm³/mol. The van der Waals surface area contributed by atoms with Crippen LogP contribution in [0.1, 0.15) is 16.7 Å².